The predicted molar refractivity (Wildman–Crippen MR) is 85.9 cm³/mol. The number of hydrogen-bond donors (Lipinski definition) is 3. The smallest absolute Gasteiger partial charge is 0.375 e. The van der Waals surface area contributed by atoms with Gasteiger partial charge in [-0.15, -0.1) is 4.28 Å². The van der Waals surface area contributed by atoms with Crippen molar-refractivity contribution in [3.8, 4) is 0 Å². The Labute approximate surface area is 148 Å². The monoisotopic (exact) mass is 387 g/mol. The highest BCUT2D eigenvalue weighted by atomic mass is 32.3. The molecule has 0 radical (unpaired) electrons. The van der Waals surface area contributed by atoms with Crippen molar-refractivity contribution < 1.29 is 26.8 Å². The minimum absolute atomic E-state index is 0.0784. The number of nitrogens with one attached hydrogen (secondary N) is 1. The van der Waals surface area contributed by atoms with Crippen molar-refractivity contribution in [3.63, 3.8) is 0 Å². The summed E-state index contributed by atoms with van der Waals surface area (Å²) < 4.78 is 37.0. The topological polar surface area (TPSA) is 172 Å². The van der Waals surface area contributed by atoms with E-state index in [-0.39, 0.29) is 13.1 Å². The summed E-state index contributed by atoms with van der Waals surface area (Å²) in [6, 6.07) is -2.39. The molecule has 3 rings (SSSR count). The fourth-order valence-electron chi connectivity index (χ4n) is 3.26. The summed E-state index contributed by atoms with van der Waals surface area (Å²) in [6.45, 7) is -0.157. The number of hydrogen-bond acceptors (Lipinski definition) is 7. The van der Waals surface area contributed by atoms with E-state index in [4.69, 9.17) is 10.3 Å². The van der Waals surface area contributed by atoms with E-state index >= 15 is 0 Å². The van der Waals surface area contributed by atoms with E-state index in [2.05, 4.69) is 19.7 Å². The molecule has 1 fully saturated rings. The first kappa shape index (κ1) is 18.1. The fraction of sp³-hybridized carbons (Fsp3) is 0.500. The van der Waals surface area contributed by atoms with E-state index in [9.17, 15) is 18.0 Å². The Bertz CT molecular complexity index is 894. The van der Waals surface area contributed by atoms with Gasteiger partial charge < -0.3 is 16.0 Å². The maximum atomic E-state index is 12.7. The van der Waals surface area contributed by atoms with Gasteiger partial charge in [0.05, 0.1) is 18.4 Å². The minimum atomic E-state index is -4.91. The Morgan fingerprint density at radius 1 is 1.58 bits per heavy atom. The summed E-state index contributed by atoms with van der Waals surface area (Å²) in [7, 11) is -1.79. The molecule has 1 aromatic heterocycles. The minimum Gasteiger partial charge on any atom is -0.375 e. The molecule has 0 unspecified atom stereocenters. The number of likely N-dealkylation sites (N-methyl/N-ethyl adjacent to an activating group) is 1. The number of primary amides is 1. The number of aromatic nitrogens is 2. The first-order valence-electron chi connectivity index (χ1n) is 7.43. The third-order valence-corrected chi connectivity index (χ3v) is 4.51. The Kier molecular flexibility index (Phi) is 4.33. The number of aliphatic imine (C=N–C) groups is 1. The Morgan fingerprint density at radius 2 is 2.27 bits per heavy atom. The van der Waals surface area contributed by atoms with Gasteiger partial charge in [-0.3, -0.25) is 19.0 Å². The lowest BCUT2D eigenvalue weighted by atomic mass is 9.97. The van der Waals surface area contributed by atoms with Crippen molar-refractivity contribution in [1.82, 2.24) is 25.1 Å². The number of nitrogens with two attached hydrogens (primary N) is 1. The molecule has 4 N–H and O–H groups in total. The summed E-state index contributed by atoms with van der Waals surface area (Å²) in [5.74, 6) is -0.252. The number of fused-ring (bicyclic) bond motifs is 4. The number of urea groups is 1. The van der Waals surface area contributed by atoms with Gasteiger partial charge in [0, 0.05) is 19.7 Å². The zero-order valence-electron chi connectivity index (χ0n) is 13.9. The molecule has 13 nitrogen and oxygen atoms in total. The van der Waals surface area contributed by atoms with Crippen LogP contribution in [0, 0.1) is 0 Å². The lowest BCUT2D eigenvalue weighted by Crippen LogP contribution is -2.44. The standard InChI is InChI=1S/C12H17N7O6S/c1-14-11(15-2)10-9-6(3-16-18(9)5-8(13)20)7-4-17(10)12(21)19(7)25-26(22,23)24/h3,7,10H,4-5H2,1-2H3,(H2,13,20)(H,14,15)(H,22,23,24)/t7-,10-/m0/s1. The van der Waals surface area contributed by atoms with Gasteiger partial charge in [0.15, 0.2) is 0 Å². The molecular weight excluding hydrogens is 370 g/mol. The quantitative estimate of drug-likeness (QED) is 0.301. The largest absolute Gasteiger partial charge is 0.418 e. The first-order valence-corrected chi connectivity index (χ1v) is 8.79. The van der Waals surface area contributed by atoms with Crippen LogP contribution in [0.1, 0.15) is 23.3 Å². The highest BCUT2D eigenvalue weighted by Gasteiger charge is 2.53. The molecule has 3 heterocycles. The molecule has 2 aliphatic heterocycles. The molecule has 1 saturated heterocycles. The van der Waals surface area contributed by atoms with Crippen LogP contribution in [0.2, 0.25) is 0 Å². The van der Waals surface area contributed by atoms with E-state index in [1.807, 2.05) is 0 Å². The van der Waals surface area contributed by atoms with E-state index in [1.54, 1.807) is 7.05 Å². The lowest BCUT2D eigenvalue weighted by Gasteiger charge is -2.32. The molecule has 142 valence electrons. The zero-order valence-corrected chi connectivity index (χ0v) is 14.7. The Hall–Kier alpha value is -2.71. The van der Waals surface area contributed by atoms with E-state index < -0.39 is 34.4 Å². The molecule has 1 aromatic rings. The van der Waals surface area contributed by atoms with Crippen molar-refractivity contribution in [2.45, 2.75) is 18.6 Å². The van der Waals surface area contributed by atoms with Crippen molar-refractivity contribution >= 4 is 28.2 Å². The van der Waals surface area contributed by atoms with E-state index in [0.29, 0.717) is 22.2 Å². The Morgan fingerprint density at radius 3 is 2.81 bits per heavy atom. The van der Waals surface area contributed by atoms with Crippen LogP contribution in [0.3, 0.4) is 0 Å². The number of carbonyl (C=O) groups excluding carboxylic acids is 2. The van der Waals surface area contributed by atoms with Gasteiger partial charge in [-0.2, -0.15) is 18.6 Å². The van der Waals surface area contributed by atoms with Crippen LogP contribution in [0.4, 0.5) is 4.79 Å². The molecule has 26 heavy (non-hydrogen) atoms. The molecule has 0 saturated carbocycles. The van der Waals surface area contributed by atoms with Crippen molar-refractivity contribution in [2.75, 3.05) is 20.6 Å². The van der Waals surface area contributed by atoms with Crippen LogP contribution < -0.4 is 11.1 Å². The number of hydroxylamine groups is 2. The highest BCUT2D eigenvalue weighted by molar-refractivity contribution is 7.80. The van der Waals surface area contributed by atoms with Crippen LogP contribution in [-0.4, -0.2) is 71.1 Å². The summed E-state index contributed by atoms with van der Waals surface area (Å²) >= 11 is 0. The molecule has 3 amide bonds. The number of carbonyl (C=O) groups is 2. The second-order valence-electron chi connectivity index (χ2n) is 5.65. The van der Waals surface area contributed by atoms with Gasteiger partial charge in [0.25, 0.3) is 0 Å². The van der Waals surface area contributed by atoms with Crippen LogP contribution in [0.5, 0.6) is 0 Å². The lowest BCUT2D eigenvalue weighted by molar-refractivity contribution is -0.118. The van der Waals surface area contributed by atoms with Crippen molar-refractivity contribution in [2.24, 2.45) is 10.7 Å². The fourth-order valence-corrected chi connectivity index (χ4v) is 3.63. The van der Waals surface area contributed by atoms with Gasteiger partial charge >= 0.3 is 16.4 Å². The third-order valence-electron chi connectivity index (χ3n) is 4.16. The highest BCUT2D eigenvalue weighted by Crippen LogP contribution is 2.44. The molecule has 0 spiro atoms. The maximum Gasteiger partial charge on any atom is 0.418 e. The second-order valence-corrected chi connectivity index (χ2v) is 6.65. The van der Waals surface area contributed by atoms with Gasteiger partial charge in [-0.05, 0) is 0 Å². The van der Waals surface area contributed by atoms with Gasteiger partial charge in [0.1, 0.15) is 24.5 Å². The molecule has 2 atom stereocenters. The molecule has 0 aliphatic carbocycles. The average molecular weight is 387 g/mol. The SMILES string of the molecule is CN=C(NC)[C@@H]1c2c(cnn2CC(N)=O)[C@@H]2CN1C(=O)N2OS(=O)(=O)O. The van der Waals surface area contributed by atoms with Crippen LogP contribution in [-0.2, 0) is 26.0 Å². The zero-order chi connectivity index (χ0) is 19.2. The summed E-state index contributed by atoms with van der Waals surface area (Å²) in [6.07, 6.45) is 1.40. The Balaban J connectivity index is 2.15. The summed E-state index contributed by atoms with van der Waals surface area (Å²) in [5.41, 5.74) is 6.16. The molecule has 2 bridgehead atoms. The number of nitrogens with zero attached hydrogens (tertiary/aromatic N) is 5. The van der Waals surface area contributed by atoms with E-state index in [0.717, 1.165) is 0 Å². The molecule has 14 heteroatoms. The van der Waals surface area contributed by atoms with Gasteiger partial charge in [-0.1, -0.05) is 0 Å². The average Bonchev–Trinajstić information content (AvgIpc) is 3.05. The van der Waals surface area contributed by atoms with Crippen LogP contribution in [0.15, 0.2) is 11.2 Å². The van der Waals surface area contributed by atoms with Crippen LogP contribution >= 0.6 is 0 Å². The van der Waals surface area contributed by atoms with Crippen molar-refractivity contribution in [1.29, 1.82) is 0 Å². The normalized spacial score (nSPS) is 22.6. The molecular formula is C12H17N7O6S. The van der Waals surface area contributed by atoms with Crippen molar-refractivity contribution in [3.05, 3.63) is 17.5 Å². The third kappa shape index (κ3) is 2.87. The van der Waals surface area contributed by atoms with E-state index in [1.165, 1.54) is 22.8 Å². The summed E-state index contributed by atoms with van der Waals surface area (Å²) in [4.78, 5) is 29.4. The number of rotatable bonds is 5. The summed E-state index contributed by atoms with van der Waals surface area (Å²) in [5, 5.41) is 7.55. The second kappa shape index (κ2) is 6.22. The van der Waals surface area contributed by atoms with Gasteiger partial charge in [0.2, 0.25) is 5.91 Å². The molecule has 2 aliphatic rings. The predicted octanol–water partition coefficient (Wildman–Crippen LogP) is -1.82. The van der Waals surface area contributed by atoms with Crippen LogP contribution in [0.25, 0.3) is 0 Å². The number of amidine groups is 1. The number of amides is 3. The van der Waals surface area contributed by atoms with Gasteiger partial charge in [-0.25, -0.2) is 4.79 Å². The molecule has 0 aromatic carbocycles. The first-order chi connectivity index (χ1) is 12.2. The maximum absolute atomic E-state index is 12.7.